The number of sulfone groups is 1. The molecular weight excluding hydrogens is 472 g/mol. The van der Waals surface area contributed by atoms with E-state index in [1.807, 2.05) is 0 Å². The van der Waals surface area contributed by atoms with E-state index in [0.717, 1.165) is 64.6 Å². The van der Waals surface area contributed by atoms with Gasteiger partial charge >= 0.3 is 0 Å². The molecule has 2 fully saturated rings. The lowest BCUT2D eigenvalue weighted by molar-refractivity contribution is 0.0362. The molecule has 0 N–H and O–H groups in total. The van der Waals surface area contributed by atoms with Crippen LogP contribution >= 0.6 is 0 Å². The molecule has 0 aliphatic carbocycles. The molecule has 9 heteroatoms. The van der Waals surface area contributed by atoms with E-state index in [1.54, 1.807) is 12.1 Å². The maximum absolute atomic E-state index is 14.7. The highest BCUT2D eigenvalue weighted by atomic mass is 32.2. The molecule has 6 nitrogen and oxygen atoms in total. The van der Waals surface area contributed by atoms with Crippen LogP contribution in [0.1, 0.15) is 25.7 Å². The van der Waals surface area contributed by atoms with Crippen molar-refractivity contribution in [1.82, 2.24) is 9.88 Å². The summed E-state index contributed by atoms with van der Waals surface area (Å²) in [5.74, 6) is -1.13. The molecule has 2 aliphatic heterocycles. The maximum atomic E-state index is 14.7. The second-order valence-corrected chi connectivity index (χ2v) is 11.1. The van der Waals surface area contributed by atoms with E-state index in [4.69, 9.17) is 4.74 Å². The average Bonchev–Trinajstić information content (AvgIpc) is 2.88. The van der Waals surface area contributed by atoms with E-state index in [9.17, 15) is 17.2 Å². The third-order valence-electron chi connectivity index (χ3n) is 6.98. The summed E-state index contributed by atoms with van der Waals surface area (Å²) >= 11 is 0. The Labute approximate surface area is 204 Å². The predicted molar refractivity (Wildman–Crippen MR) is 130 cm³/mol. The maximum Gasteiger partial charge on any atom is 0.210 e. The number of hydrogen-bond acceptors (Lipinski definition) is 6. The molecule has 3 heterocycles. The number of morpholine rings is 1. The highest BCUT2D eigenvalue weighted by Gasteiger charge is 2.32. The van der Waals surface area contributed by atoms with E-state index < -0.39 is 21.5 Å². The molecule has 1 atom stereocenters. The fraction of sp³-hybridized carbons (Fsp3) is 0.423. The fourth-order valence-electron chi connectivity index (χ4n) is 5.16. The van der Waals surface area contributed by atoms with Crippen LogP contribution in [-0.2, 0) is 14.6 Å². The minimum atomic E-state index is -4.10. The van der Waals surface area contributed by atoms with Gasteiger partial charge in [0.25, 0.3) is 0 Å². The number of nitrogens with zero attached hydrogens (tertiary/aromatic N) is 3. The molecule has 0 saturated carbocycles. The van der Waals surface area contributed by atoms with Gasteiger partial charge in [0.15, 0.2) is 0 Å². The highest BCUT2D eigenvalue weighted by Crippen LogP contribution is 2.40. The summed E-state index contributed by atoms with van der Waals surface area (Å²) in [6.07, 6.45) is 4.97. The van der Waals surface area contributed by atoms with Crippen LogP contribution < -0.4 is 4.90 Å². The fourth-order valence-corrected chi connectivity index (χ4v) is 6.61. The van der Waals surface area contributed by atoms with Gasteiger partial charge in [-0.15, -0.1) is 0 Å². The number of rotatable bonds is 6. The van der Waals surface area contributed by atoms with Gasteiger partial charge in [-0.25, -0.2) is 17.2 Å². The zero-order valence-corrected chi connectivity index (χ0v) is 20.3. The molecular formula is C26H29F2N3O3S. The van der Waals surface area contributed by atoms with Crippen molar-refractivity contribution in [2.24, 2.45) is 0 Å². The zero-order valence-electron chi connectivity index (χ0n) is 19.5. The zero-order chi connectivity index (χ0) is 24.4. The Kier molecular flexibility index (Phi) is 7.00. The molecule has 0 radical (unpaired) electrons. The lowest BCUT2D eigenvalue weighted by Crippen LogP contribution is -2.44. The van der Waals surface area contributed by atoms with Gasteiger partial charge in [0.1, 0.15) is 22.0 Å². The van der Waals surface area contributed by atoms with E-state index in [0.29, 0.717) is 17.6 Å². The Hall–Kier alpha value is -2.62. The highest BCUT2D eigenvalue weighted by molar-refractivity contribution is 7.91. The van der Waals surface area contributed by atoms with E-state index >= 15 is 0 Å². The van der Waals surface area contributed by atoms with E-state index in [-0.39, 0.29) is 21.3 Å². The van der Waals surface area contributed by atoms with Gasteiger partial charge in [-0.3, -0.25) is 9.88 Å². The second-order valence-electron chi connectivity index (χ2n) is 9.15. The predicted octanol–water partition coefficient (Wildman–Crippen LogP) is 4.43. The quantitative estimate of drug-likeness (QED) is 0.498. The number of aromatic nitrogens is 1. The van der Waals surface area contributed by atoms with Crippen molar-refractivity contribution in [1.29, 1.82) is 0 Å². The first-order chi connectivity index (χ1) is 16.9. The largest absolute Gasteiger partial charge is 0.379 e. The minimum Gasteiger partial charge on any atom is -0.379 e. The van der Waals surface area contributed by atoms with Crippen LogP contribution in [0, 0.1) is 11.6 Å². The molecule has 5 rings (SSSR count). The molecule has 1 aromatic heterocycles. The van der Waals surface area contributed by atoms with Gasteiger partial charge in [0.2, 0.25) is 9.84 Å². The van der Waals surface area contributed by atoms with Crippen molar-refractivity contribution in [3.8, 4) is 0 Å². The Morgan fingerprint density at radius 2 is 1.83 bits per heavy atom. The molecule has 0 spiro atoms. The summed E-state index contributed by atoms with van der Waals surface area (Å²) in [7, 11) is -4.10. The lowest BCUT2D eigenvalue weighted by Gasteiger charge is -2.40. The number of ether oxygens (including phenoxy) is 1. The Morgan fingerprint density at radius 1 is 1.03 bits per heavy atom. The van der Waals surface area contributed by atoms with Gasteiger partial charge < -0.3 is 9.64 Å². The van der Waals surface area contributed by atoms with Crippen LogP contribution in [0.5, 0.6) is 0 Å². The number of halogens is 2. The number of fused-ring (bicyclic) bond motifs is 1. The second kappa shape index (κ2) is 10.2. The van der Waals surface area contributed by atoms with Crippen molar-refractivity contribution in [3.63, 3.8) is 0 Å². The van der Waals surface area contributed by atoms with Crippen LogP contribution in [-0.4, -0.2) is 63.7 Å². The number of anilines is 1. The molecule has 2 saturated heterocycles. The lowest BCUT2D eigenvalue weighted by atomic mass is 9.97. The van der Waals surface area contributed by atoms with Crippen molar-refractivity contribution in [2.75, 3.05) is 44.3 Å². The van der Waals surface area contributed by atoms with Gasteiger partial charge in [-0.05, 0) is 49.9 Å². The molecule has 0 unspecified atom stereocenters. The Balaban J connectivity index is 1.60. The number of pyridine rings is 1. The molecule has 2 aliphatic rings. The summed E-state index contributed by atoms with van der Waals surface area (Å²) in [5.41, 5.74) is 0.601. The van der Waals surface area contributed by atoms with Gasteiger partial charge in [0, 0.05) is 43.8 Å². The Bertz CT molecular complexity index is 1310. The molecule has 35 heavy (non-hydrogen) atoms. The van der Waals surface area contributed by atoms with Crippen LogP contribution in [0.25, 0.3) is 10.9 Å². The van der Waals surface area contributed by atoms with Crippen LogP contribution in [0.4, 0.5) is 14.5 Å². The number of para-hydroxylation sites is 1. The first kappa shape index (κ1) is 24.1. The normalized spacial score (nSPS) is 19.8. The standard InChI is InChI=1S/C26H29F2N3O3S/c27-19-5-3-7-21(17-19)35(32,33)24-18-29-25-22(8-4-9-23(25)28)26(24)31-11-2-1-6-20(31)10-12-30-13-15-34-16-14-30/h3-5,7-9,17-18,20H,1-2,6,10-16H2/t20-/m1/s1. The summed E-state index contributed by atoms with van der Waals surface area (Å²) in [4.78, 5) is 8.53. The van der Waals surface area contributed by atoms with Crippen molar-refractivity contribution >= 4 is 26.4 Å². The molecule has 0 amide bonds. The Morgan fingerprint density at radius 3 is 2.63 bits per heavy atom. The van der Waals surface area contributed by atoms with Crippen LogP contribution in [0.2, 0.25) is 0 Å². The van der Waals surface area contributed by atoms with E-state index in [2.05, 4.69) is 14.8 Å². The minimum absolute atomic E-state index is 0.0144. The smallest absolute Gasteiger partial charge is 0.210 e. The van der Waals surface area contributed by atoms with Gasteiger partial charge in [-0.1, -0.05) is 18.2 Å². The van der Waals surface area contributed by atoms with Crippen molar-refractivity contribution in [2.45, 2.75) is 41.5 Å². The molecule has 0 bridgehead atoms. The summed E-state index contributed by atoms with van der Waals surface area (Å²) in [6.45, 7) is 4.75. The van der Waals surface area contributed by atoms with Crippen LogP contribution in [0.3, 0.4) is 0 Å². The summed E-state index contributed by atoms with van der Waals surface area (Å²) in [5, 5.41) is 0.459. The summed E-state index contributed by atoms with van der Waals surface area (Å²) in [6, 6.07) is 9.70. The number of hydrogen-bond donors (Lipinski definition) is 0. The monoisotopic (exact) mass is 501 g/mol. The van der Waals surface area contributed by atoms with E-state index in [1.165, 1.54) is 30.5 Å². The topological polar surface area (TPSA) is 62.7 Å². The van der Waals surface area contributed by atoms with Crippen molar-refractivity contribution in [3.05, 3.63) is 60.3 Å². The third-order valence-corrected chi connectivity index (χ3v) is 8.73. The average molecular weight is 502 g/mol. The van der Waals surface area contributed by atoms with Crippen LogP contribution in [0.15, 0.2) is 58.5 Å². The number of benzene rings is 2. The number of piperidine rings is 1. The van der Waals surface area contributed by atoms with Gasteiger partial charge in [-0.2, -0.15) is 0 Å². The van der Waals surface area contributed by atoms with Gasteiger partial charge in [0.05, 0.1) is 23.8 Å². The summed E-state index contributed by atoms with van der Waals surface area (Å²) < 4.78 is 61.6. The first-order valence-electron chi connectivity index (χ1n) is 12.1. The molecule has 3 aromatic rings. The SMILES string of the molecule is O=S(=O)(c1cccc(F)c1)c1cnc2c(F)cccc2c1N1CCCC[C@@H]1CCN1CCOCC1. The molecule has 2 aromatic carbocycles. The van der Waals surface area contributed by atoms with Crippen molar-refractivity contribution < 1.29 is 21.9 Å². The first-order valence-corrected chi connectivity index (χ1v) is 13.6. The third kappa shape index (κ3) is 4.90. The molecule has 186 valence electrons.